The molecule has 0 radical (unpaired) electrons. The summed E-state index contributed by atoms with van der Waals surface area (Å²) in [6.45, 7) is 0.250. The van der Waals surface area contributed by atoms with E-state index in [1.807, 2.05) is 30.3 Å². The van der Waals surface area contributed by atoms with Gasteiger partial charge >= 0.3 is 0 Å². The number of nitrogens with one attached hydrogen (secondary N) is 1. The lowest BCUT2D eigenvalue weighted by molar-refractivity contribution is -0.122. The molecule has 7 heteroatoms. The zero-order chi connectivity index (χ0) is 21.1. The maximum atomic E-state index is 12.7. The van der Waals surface area contributed by atoms with Gasteiger partial charge in [0.15, 0.2) is 0 Å². The van der Waals surface area contributed by atoms with Gasteiger partial charge in [-0.25, -0.2) is 0 Å². The molecule has 1 heterocycles. The Bertz CT molecular complexity index is 1070. The molecule has 0 aliphatic carbocycles. The summed E-state index contributed by atoms with van der Waals surface area (Å²) in [5.41, 5.74) is 1.15. The molecule has 152 valence electrons. The highest BCUT2D eigenvalue weighted by molar-refractivity contribution is 6.44. The molecule has 30 heavy (non-hydrogen) atoms. The van der Waals surface area contributed by atoms with Gasteiger partial charge < -0.3 is 15.0 Å². The smallest absolute Gasteiger partial charge is 0.229 e. The number of carbonyl (C=O) groups excluding carboxylic acids is 2. The first-order valence-corrected chi connectivity index (χ1v) is 10.1. The number of hydrogen-bond acceptors (Lipinski definition) is 3. The van der Waals surface area contributed by atoms with Crippen molar-refractivity contribution in [2.24, 2.45) is 5.92 Å². The molecule has 0 unspecified atom stereocenters. The zero-order valence-corrected chi connectivity index (χ0v) is 17.4. The van der Waals surface area contributed by atoms with E-state index in [-0.39, 0.29) is 24.8 Å². The van der Waals surface area contributed by atoms with E-state index in [0.29, 0.717) is 27.2 Å². The molecular weight excluding hydrogens is 423 g/mol. The molecule has 3 aromatic rings. The summed E-state index contributed by atoms with van der Waals surface area (Å²) in [6.07, 6.45) is 0.115. The van der Waals surface area contributed by atoms with Crippen molar-refractivity contribution >= 4 is 46.4 Å². The van der Waals surface area contributed by atoms with Crippen molar-refractivity contribution in [3.05, 3.63) is 82.8 Å². The summed E-state index contributed by atoms with van der Waals surface area (Å²) < 4.78 is 5.75. The highest BCUT2D eigenvalue weighted by Crippen LogP contribution is 2.36. The fourth-order valence-electron chi connectivity index (χ4n) is 3.29. The summed E-state index contributed by atoms with van der Waals surface area (Å²) in [5.74, 6) is 0.537. The number of amides is 2. The lowest BCUT2D eigenvalue weighted by Crippen LogP contribution is -2.28. The standard InChI is InChI=1S/C23H18Cl2N2O3/c24-19-7-4-8-20(22(19)25)27-14-15(13-21(27)28)23(29)26-16-9-11-18(12-10-16)30-17-5-2-1-3-6-17/h1-12,15H,13-14H2,(H,26,29)/t15-/m0/s1. The van der Waals surface area contributed by atoms with Crippen molar-refractivity contribution in [3.63, 3.8) is 0 Å². The second-order valence-electron chi connectivity index (χ2n) is 6.91. The Morgan fingerprint density at radius 2 is 1.63 bits per heavy atom. The van der Waals surface area contributed by atoms with Gasteiger partial charge in [0, 0.05) is 18.7 Å². The molecule has 1 saturated heterocycles. The van der Waals surface area contributed by atoms with Gasteiger partial charge in [-0.2, -0.15) is 0 Å². The average molecular weight is 441 g/mol. The van der Waals surface area contributed by atoms with Gasteiger partial charge in [0.2, 0.25) is 11.8 Å². The topological polar surface area (TPSA) is 58.6 Å². The van der Waals surface area contributed by atoms with Crippen molar-refractivity contribution in [2.75, 3.05) is 16.8 Å². The molecule has 0 aromatic heterocycles. The van der Waals surface area contributed by atoms with Crippen molar-refractivity contribution < 1.29 is 14.3 Å². The number of anilines is 2. The summed E-state index contributed by atoms with van der Waals surface area (Å²) in [7, 11) is 0. The summed E-state index contributed by atoms with van der Waals surface area (Å²) in [5, 5.41) is 3.54. The maximum absolute atomic E-state index is 12.7. The first-order chi connectivity index (χ1) is 14.5. The van der Waals surface area contributed by atoms with Gasteiger partial charge in [-0.3, -0.25) is 9.59 Å². The number of nitrogens with zero attached hydrogens (tertiary/aromatic N) is 1. The van der Waals surface area contributed by atoms with Crippen LogP contribution in [0.1, 0.15) is 6.42 Å². The van der Waals surface area contributed by atoms with E-state index in [9.17, 15) is 9.59 Å². The van der Waals surface area contributed by atoms with Gasteiger partial charge in [0.05, 0.1) is 21.7 Å². The minimum Gasteiger partial charge on any atom is -0.457 e. The van der Waals surface area contributed by atoms with Crippen LogP contribution in [0.2, 0.25) is 10.0 Å². The predicted octanol–water partition coefficient (Wildman–Crippen LogP) is 5.78. The molecular formula is C23H18Cl2N2O3. The predicted molar refractivity (Wildman–Crippen MR) is 119 cm³/mol. The number of halogens is 2. The molecule has 4 rings (SSSR count). The van der Waals surface area contributed by atoms with Gasteiger partial charge in [-0.1, -0.05) is 47.5 Å². The van der Waals surface area contributed by atoms with Gasteiger partial charge in [0.25, 0.3) is 0 Å². The Hall–Kier alpha value is -3.02. The second kappa shape index (κ2) is 8.78. The fourth-order valence-corrected chi connectivity index (χ4v) is 3.69. The lowest BCUT2D eigenvalue weighted by atomic mass is 10.1. The van der Waals surface area contributed by atoms with E-state index in [1.54, 1.807) is 42.5 Å². The number of ether oxygens (including phenoxy) is 1. The Kier molecular flexibility index (Phi) is 5.93. The van der Waals surface area contributed by atoms with E-state index in [2.05, 4.69) is 5.32 Å². The molecule has 1 aliphatic heterocycles. The number of benzene rings is 3. The molecule has 0 spiro atoms. The maximum Gasteiger partial charge on any atom is 0.229 e. The normalized spacial score (nSPS) is 15.9. The molecule has 5 nitrogen and oxygen atoms in total. The monoisotopic (exact) mass is 440 g/mol. The van der Waals surface area contributed by atoms with Crippen LogP contribution in [0.5, 0.6) is 11.5 Å². The van der Waals surface area contributed by atoms with Crippen LogP contribution in [0.25, 0.3) is 0 Å². The molecule has 0 saturated carbocycles. The minimum atomic E-state index is -0.479. The van der Waals surface area contributed by atoms with Crippen LogP contribution in [0.3, 0.4) is 0 Å². The summed E-state index contributed by atoms with van der Waals surface area (Å²) in [4.78, 5) is 26.6. The van der Waals surface area contributed by atoms with E-state index in [4.69, 9.17) is 27.9 Å². The molecule has 1 fully saturated rings. The van der Waals surface area contributed by atoms with Gasteiger partial charge in [0.1, 0.15) is 11.5 Å². The lowest BCUT2D eigenvalue weighted by Gasteiger charge is -2.18. The second-order valence-corrected chi connectivity index (χ2v) is 7.69. The van der Waals surface area contributed by atoms with Crippen LogP contribution in [-0.2, 0) is 9.59 Å². The molecule has 1 N–H and O–H groups in total. The zero-order valence-electron chi connectivity index (χ0n) is 15.8. The number of carbonyl (C=O) groups is 2. The van der Waals surface area contributed by atoms with Crippen LogP contribution in [0.4, 0.5) is 11.4 Å². The van der Waals surface area contributed by atoms with E-state index in [0.717, 1.165) is 5.75 Å². The van der Waals surface area contributed by atoms with E-state index in [1.165, 1.54) is 4.90 Å². The van der Waals surface area contributed by atoms with Crippen LogP contribution in [-0.4, -0.2) is 18.4 Å². The Morgan fingerprint density at radius 1 is 0.933 bits per heavy atom. The van der Waals surface area contributed by atoms with E-state index < -0.39 is 5.92 Å². The molecule has 1 aliphatic rings. The minimum absolute atomic E-state index is 0.115. The van der Waals surface area contributed by atoms with Gasteiger partial charge in [-0.15, -0.1) is 0 Å². The van der Waals surface area contributed by atoms with Crippen molar-refractivity contribution in [3.8, 4) is 11.5 Å². The summed E-state index contributed by atoms with van der Waals surface area (Å²) in [6, 6.07) is 21.6. The first-order valence-electron chi connectivity index (χ1n) is 9.39. The Morgan fingerprint density at radius 3 is 2.37 bits per heavy atom. The number of rotatable bonds is 5. The first kappa shape index (κ1) is 20.3. The SMILES string of the molecule is O=C(Nc1ccc(Oc2ccccc2)cc1)[C@H]1CC(=O)N(c2cccc(Cl)c2Cl)C1. The molecule has 0 bridgehead atoms. The summed E-state index contributed by atoms with van der Waals surface area (Å²) >= 11 is 12.3. The van der Waals surface area contributed by atoms with Crippen LogP contribution >= 0.6 is 23.2 Å². The third-order valence-corrected chi connectivity index (χ3v) is 5.63. The van der Waals surface area contributed by atoms with E-state index >= 15 is 0 Å². The number of hydrogen-bond donors (Lipinski definition) is 1. The average Bonchev–Trinajstić information content (AvgIpc) is 3.14. The highest BCUT2D eigenvalue weighted by atomic mass is 35.5. The third-order valence-electron chi connectivity index (χ3n) is 4.82. The van der Waals surface area contributed by atoms with Crippen LogP contribution in [0.15, 0.2) is 72.8 Å². The van der Waals surface area contributed by atoms with Crippen LogP contribution in [0, 0.1) is 5.92 Å². The van der Waals surface area contributed by atoms with Crippen molar-refractivity contribution in [1.29, 1.82) is 0 Å². The Labute approximate surface area is 184 Å². The van der Waals surface area contributed by atoms with Crippen LogP contribution < -0.4 is 15.0 Å². The van der Waals surface area contributed by atoms with Gasteiger partial charge in [-0.05, 0) is 48.5 Å². The highest BCUT2D eigenvalue weighted by Gasteiger charge is 2.36. The molecule has 2 amide bonds. The third kappa shape index (κ3) is 4.42. The number of para-hydroxylation sites is 1. The quantitative estimate of drug-likeness (QED) is 0.546. The molecule has 3 aromatic carbocycles. The van der Waals surface area contributed by atoms with Crippen molar-refractivity contribution in [1.82, 2.24) is 0 Å². The Balaban J connectivity index is 1.39. The molecule has 1 atom stereocenters. The fraction of sp³-hybridized carbons (Fsp3) is 0.130. The largest absolute Gasteiger partial charge is 0.457 e. The van der Waals surface area contributed by atoms with Crippen molar-refractivity contribution in [2.45, 2.75) is 6.42 Å².